The summed E-state index contributed by atoms with van der Waals surface area (Å²) in [5, 5.41) is 3.51. The van der Waals surface area contributed by atoms with Gasteiger partial charge in [0.2, 0.25) is 0 Å². The van der Waals surface area contributed by atoms with Crippen molar-refractivity contribution in [1.29, 1.82) is 0 Å². The second-order valence-electron chi connectivity index (χ2n) is 7.05. The zero-order valence-electron chi connectivity index (χ0n) is 13.3. The topological polar surface area (TPSA) is 12.0 Å². The summed E-state index contributed by atoms with van der Waals surface area (Å²) in [5.74, 6) is 0.688. The van der Waals surface area contributed by atoms with E-state index in [0.717, 1.165) is 17.2 Å². The van der Waals surface area contributed by atoms with E-state index in [1.807, 2.05) is 13.0 Å². The second-order valence-corrected chi connectivity index (χ2v) is 7.05. The van der Waals surface area contributed by atoms with Crippen LogP contribution in [0.1, 0.15) is 58.4 Å². The highest BCUT2D eigenvalue weighted by molar-refractivity contribution is 5.46. The Morgan fingerprint density at radius 2 is 1.80 bits per heavy atom. The molecule has 20 heavy (non-hydrogen) atoms. The Balaban J connectivity index is 1.91. The number of halogens is 1. The first-order valence-electron chi connectivity index (χ1n) is 7.94. The predicted molar refractivity (Wildman–Crippen MR) is 84.6 cm³/mol. The van der Waals surface area contributed by atoms with Crippen LogP contribution in [0.2, 0.25) is 0 Å². The van der Waals surface area contributed by atoms with Crippen molar-refractivity contribution in [1.82, 2.24) is 0 Å². The Morgan fingerprint density at radius 3 is 2.35 bits per heavy atom. The quantitative estimate of drug-likeness (QED) is 0.761. The molecule has 0 spiro atoms. The van der Waals surface area contributed by atoms with Gasteiger partial charge in [0.25, 0.3) is 0 Å². The third-order valence-corrected chi connectivity index (χ3v) is 5.16. The summed E-state index contributed by atoms with van der Waals surface area (Å²) in [4.78, 5) is 0. The second kappa shape index (κ2) is 6.15. The number of benzene rings is 1. The van der Waals surface area contributed by atoms with E-state index in [1.54, 1.807) is 12.1 Å². The van der Waals surface area contributed by atoms with Crippen molar-refractivity contribution >= 4 is 5.69 Å². The molecular weight excluding hydrogens is 249 g/mol. The van der Waals surface area contributed by atoms with Crippen molar-refractivity contribution in [3.05, 3.63) is 29.6 Å². The number of hydrogen-bond acceptors (Lipinski definition) is 1. The molecule has 1 aromatic carbocycles. The fourth-order valence-corrected chi connectivity index (χ4v) is 3.36. The minimum Gasteiger partial charge on any atom is -0.382 e. The Bertz CT molecular complexity index is 424. The third kappa shape index (κ3) is 3.74. The molecule has 1 saturated carbocycles. The molecule has 1 nitrogen and oxygen atoms in total. The van der Waals surface area contributed by atoms with Gasteiger partial charge in [-0.1, -0.05) is 27.2 Å². The molecular formula is C18H28FN. The standard InChI is InChI=1S/C18H28FN/c1-5-18(3,4)14-6-8-16(9-7-14)20-17-11-13(2)10-15(19)12-17/h10-12,14,16,20H,5-9H2,1-4H3. The van der Waals surface area contributed by atoms with Crippen molar-refractivity contribution in [3.63, 3.8) is 0 Å². The summed E-state index contributed by atoms with van der Waals surface area (Å²) in [6.45, 7) is 9.01. The lowest BCUT2D eigenvalue weighted by Crippen LogP contribution is -2.32. The predicted octanol–water partition coefficient (Wildman–Crippen LogP) is 5.54. The monoisotopic (exact) mass is 277 g/mol. The zero-order chi connectivity index (χ0) is 14.8. The summed E-state index contributed by atoms with van der Waals surface area (Å²) in [5.41, 5.74) is 2.37. The van der Waals surface area contributed by atoms with Gasteiger partial charge in [-0.25, -0.2) is 4.39 Å². The van der Waals surface area contributed by atoms with Crippen LogP contribution in [0.4, 0.5) is 10.1 Å². The number of anilines is 1. The van der Waals surface area contributed by atoms with Crippen LogP contribution in [0.15, 0.2) is 18.2 Å². The highest BCUT2D eigenvalue weighted by atomic mass is 19.1. The Hall–Kier alpha value is -1.05. The van der Waals surface area contributed by atoms with Crippen LogP contribution >= 0.6 is 0 Å². The minimum absolute atomic E-state index is 0.145. The average Bonchev–Trinajstić information content (AvgIpc) is 2.38. The van der Waals surface area contributed by atoms with Crippen molar-refractivity contribution in [2.45, 2.75) is 65.8 Å². The van der Waals surface area contributed by atoms with Crippen molar-refractivity contribution in [2.75, 3.05) is 5.32 Å². The number of hydrogen-bond donors (Lipinski definition) is 1. The largest absolute Gasteiger partial charge is 0.382 e. The van der Waals surface area contributed by atoms with Crippen molar-refractivity contribution < 1.29 is 4.39 Å². The lowest BCUT2D eigenvalue weighted by Gasteiger charge is -2.39. The Labute approximate surface area is 123 Å². The van der Waals surface area contributed by atoms with Crippen LogP contribution in [0.25, 0.3) is 0 Å². The summed E-state index contributed by atoms with van der Waals surface area (Å²) >= 11 is 0. The van der Waals surface area contributed by atoms with E-state index in [4.69, 9.17) is 0 Å². The highest BCUT2D eigenvalue weighted by Crippen LogP contribution is 2.40. The molecule has 0 aliphatic heterocycles. The van der Waals surface area contributed by atoms with Gasteiger partial charge in [-0.3, -0.25) is 0 Å². The minimum atomic E-state index is -0.145. The molecule has 0 unspecified atom stereocenters. The van der Waals surface area contributed by atoms with Crippen molar-refractivity contribution in [3.8, 4) is 0 Å². The lowest BCUT2D eigenvalue weighted by molar-refractivity contribution is 0.147. The molecule has 1 aliphatic rings. The Kier molecular flexibility index (Phi) is 4.72. The van der Waals surface area contributed by atoms with Crippen molar-refractivity contribution in [2.24, 2.45) is 11.3 Å². The van der Waals surface area contributed by atoms with E-state index in [0.29, 0.717) is 11.5 Å². The lowest BCUT2D eigenvalue weighted by atomic mass is 9.69. The molecule has 2 heteroatoms. The first kappa shape index (κ1) is 15.3. The molecule has 1 aliphatic carbocycles. The van der Waals surface area contributed by atoms with Gasteiger partial charge in [0.1, 0.15) is 5.82 Å². The van der Waals surface area contributed by atoms with E-state index in [9.17, 15) is 4.39 Å². The van der Waals surface area contributed by atoms with E-state index in [2.05, 4.69) is 26.1 Å². The molecule has 0 amide bonds. The first-order valence-corrected chi connectivity index (χ1v) is 7.94. The van der Waals surface area contributed by atoms with Crippen LogP contribution in [-0.2, 0) is 0 Å². The van der Waals surface area contributed by atoms with Crippen LogP contribution in [0.5, 0.6) is 0 Å². The van der Waals surface area contributed by atoms with Gasteiger partial charge >= 0.3 is 0 Å². The van der Waals surface area contributed by atoms with Crippen LogP contribution < -0.4 is 5.32 Å². The fraction of sp³-hybridized carbons (Fsp3) is 0.667. The third-order valence-electron chi connectivity index (χ3n) is 5.16. The molecule has 0 radical (unpaired) electrons. The SMILES string of the molecule is CCC(C)(C)C1CCC(Nc2cc(C)cc(F)c2)CC1. The van der Waals surface area contributed by atoms with Crippen LogP contribution in [0.3, 0.4) is 0 Å². The van der Waals surface area contributed by atoms with E-state index in [-0.39, 0.29) is 5.82 Å². The van der Waals surface area contributed by atoms with Gasteiger partial charge < -0.3 is 5.32 Å². The molecule has 1 N–H and O–H groups in total. The summed E-state index contributed by atoms with van der Waals surface area (Å²) in [6, 6.07) is 5.71. The Morgan fingerprint density at radius 1 is 1.15 bits per heavy atom. The molecule has 0 heterocycles. The average molecular weight is 277 g/mol. The maximum absolute atomic E-state index is 13.4. The molecule has 2 rings (SSSR count). The van der Waals surface area contributed by atoms with E-state index < -0.39 is 0 Å². The number of rotatable bonds is 4. The van der Waals surface area contributed by atoms with Crippen LogP contribution in [-0.4, -0.2) is 6.04 Å². The molecule has 1 aromatic rings. The van der Waals surface area contributed by atoms with Gasteiger partial charge in [-0.15, -0.1) is 0 Å². The van der Waals surface area contributed by atoms with Gasteiger partial charge in [0, 0.05) is 11.7 Å². The first-order chi connectivity index (χ1) is 9.40. The number of aryl methyl sites for hydroxylation is 1. The molecule has 0 atom stereocenters. The van der Waals surface area contributed by atoms with Crippen LogP contribution in [0, 0.1) is 24.1 Å². The van der Waals surface area contributed by atoms with E-state index in [1.165, 1.54) is 32.1 Å². The van der Waals surface area contributed by atoms with Gasteiger partial charge in [0.15, 0.2) is 0 Å². The molecule has 1 fully saturated rings. The maximum Gasteiger partial charge on any atom is 0.125 e. The molecule has 112 valence electrons. The summed E-state index contributed by atoms with van der Waals surface area (Å²) in [7, 11) is 0. The smallest absolute Gasteiger partial charge is 0.125 e. The zero-order valence-corrected chi connectivity index (χ0v) is 13.3. The normalized spacial score (nSPS) is 23.6. The summed E-state index contributed by atoms with van der Waals surface area (Å²) < 4.78 is 13.4. The molecule has 0 saturated heterocycles. The van der Waals surface area contributed by atoms with Gasteiger partial charge in [0.05, 0.1) is 0 Å². The fourth-order valence-electron chi connectivity index (χ4n) is 3.36. The molecule has 0 aromatic heterocycles. The number of nitrogens with one attached hydrogen (secondary N) is 1. The van der Waals surface area contributed by atoms with Gasteiger partial charge in [-0.2, -0.15) is 0 Å². The highest BCUT2D eigenvalue weighted by Gasteiger charge is 2.31. The van der Waals surface area contributed by atoms with Gasteiger partial charge in [-0.05, 0) is 67.7 Å². The maximum atomic E-state index is 13.4. The van der Waals surface area contributed by atoms with E-state index >= 15 is 0 Å². The molecule has 0 bridgehead atoms. The summed E-state index contributed by atoms with van der Waals surface area (Å²) in [6.07, 6.45) is 6.21.